The van der Waals surface area contributed by atoms with Crippen LogP contribution in [0.3, 0.4) is 0 Å². The van der Waals surface area contributed by atoms with Gasteiger partial charge in [-0.2, -0.15) is 0 Å². The Bertz CT molecular complexity index is 571. The molecule has 0 aliphatic carbocycles. The summed E-state index contributed by atoms with van der Waals surface area (Å²) in [6.07, 6.45) is 1.91. The van der Waals surface area contributed by atoms with Crippen LogP contribution in [-0.2, 0) is 14.8 Å². The zero-order chi connectivity index (χ0) is 14.6. The predicted molar refractivity (Wildman–Crippen MR) is 85.8 cm³/mol. The largest absolute Gasteiger partial charge is 0.351 e. The van der Waals surface area contributed by atoms with Gasteiger partial charge < -0.3 is 10.6 Å². The van der Waals surface area contributed by atoms with Crippen molar-refractivity contribution in [2.24, 2.45) is 0 Å². The fraction of sp³-hybridized carbons (Fsp3) is 0.545. The van der Waals surface area contributed by atoms with Gasteiger partial charge in [-0.15, -0.1) is 23.7 Å². The Hall–Kier alpha value is -0.380. The van der Waals surface area contributed by atoms with Gasteiger partial charge in [-0.1, -0.05) is 11.6 Å². The van der Waals surface area contributed by atoms with Gasteiger partial charge >= 0.3 is 0 Å². The summed E-state index contributed by atoms with van der Waals surface area (Å²) in [6, 6.07) is 2.99. The summed E-state index contributed by atoms with van der Waals surface area (Å²) >= 11 is 6.65. The van der Waals surface area contributed by atoms with Crippen LogP contribution in [0.2, 0.25) is 4.34 Å². The minimum absolute atomic E-state index is 0. The van der Waals surface area contributed by atoms with Crippen LogP contribution in [-0.4, -0.2) is 40.0 Å². The number of piperidine rings is 1. The Morgan fingerprint density at radius 1 is 1.48 bits per heavy atom. The lowest BCUT2D eigenvalue weighted by Gasteiger charge is -2.23. The third kappa shape index (κ3) is 5.72. The van der Waals surface area contributed by atoms with Crippen molar-refractivity contribution in [1.29, 1.82) is 0 Å². The molecule has 10 heteroatoms. The molecule has 2 rings (SSSR count). The lowest BCUT2D eigenvalue weighted by Crippen LogP contribution is -2.48. The number of thiophene rings is 1. The second-order valence-corrected chi connectivity index (χ2v) is 8.20. The molecule has 1 aliphatic heterocycles. The van der Waals surface area contributed by atoms with Crippen molar-refractivity contribution >= 4 is 51.3 Å². The summed E-state index contributed by atoms with van der Waals surface area (Å²) < 4.78 is 26.5. The molecule has 1 saturated heterocycles. The number of carbonyl (C=O) groups is 1. The van der Waals surface area contributed by atoms with E-state index in [1.54, 1.807) is 0 Å². The molecule has 1 unspecified atom stereocenters. The monoisotopic (exact) mass is 373 g/mol. The van der Waals surface area contributed by atoms with Gasteiger partial charge in [-0.25, -0.2) is 13.1 Å². The fourth-order valence-electron chi connectivity index (χ4n) is 1.93. The van der Waals surface area contributed by atoms with Crippen LogP contribution < -0.4 is 15.4 Å². The lowest BCUT2D eigenvalue weighted by molar-refractivity contribution is -0.120. The molecule has 1 fully saturated rings. The van der Waals surface area contributed by atoms with E-state index < -0.39 is 10.0 Å². The van der Waals surface area contributed by atoms with Gasteiger partial charge in [0.1, 0.15) is 4.21 Å². The van der Waals surface area contributed by atoms with Crippen LogP contribution in [0.25, 0.3) is 0 Å². The Kier molecular flexibility index (Phi) is 7.38. The van der Waals surface area contributed by atoms with E-state index in [4.69, 9.17) is 11.6 Å². The normalized spacial score (nSPS) is 18.8. The second-order valence-electron chi connectivity index (χ2n) is 4.49. The van der Waals surface area contributed by atoms with Crippen molar-refractivity contribution in [2.45, 2.75) is 23.1 Å². The molecule has 1 atom stereocenters. The first kappa shape index (κ1) is 18.7. The highest BCUT2D eigenvalue weighted by Crippen LogP contribution is 2.25. The smallest absolute Gasteiger partial charge is 0.250 e. The minimum Gasteiger partial charge on any atom is -0.351 e. The van der Waals surface area contributed by atoms with E-state index >= 15 is 0 Å². The van der Waals surface area contributed by atoms with Gasteiger partial charge in [-0.3, -0.25) is 4.79 Å². The van der Waals surface area contributed by atoms with Crippen LogP contribution in [0.1, 0.15) is 12.8 Å². The molecule has 120 valence electrons. The third-order valence-electron chi connectivity index (χ3n) is 2.90. The quantitative estimate of drug-likeness (QED) is 0.717. The molecule has 3 N–H and O–H groups in total. The van der Waals surface area contributed by atoms with Gasteiger partial charge in [0.05, 0.1) is 10.9 Å². The lowest BCUT2D eigenvalue weighted by atomic mass is 10.1. The van der Waals surface area contributed by atoms with Gasteiger partial charge in [-0.05, 0) is 31.5 Å². The van der Waals surface area contributed by atoms with Crippen molar-refractivity contribution in [3.8, 4) is 0 Å². The van der Waals surface area contributed by atoms with Crippen LogP contribution in [0.5, 0.6) is 0 Å². The van der Waals surface area contributed by atoms with Crippen molar-refractivity contribution in [3.05, 3.63) is 16.5 Å². The van der Waals surface area contributed by atoms with E-state index in [0.29, 0.717) is 4.34 Å². The molecule has 1 aromatic rings. The van der Waals surface area contributed by atoms with E-state index in [9.17, 15) is 13.2 Å². The molecular weight excluding hydrogens is 357 g/mol. The Labute approximate surface area is 139 Å². The molecule has 0 aromatic carbocycles. The number of halogens is 2. The van der Waals surface area contributed by atoms with Crippen molar-refractivity contribution in [2.75, 3.05) is 19.6 Å². The number of amides is 1. The molecule has 2 heterocycles. The number of hydrogen-bond acceptors (Lipinski definition) is 5. The van der Waals surface area contributed by atoms with E-state index in [0.717, 1.165) is 37.3 Å². The summed E-state index contributed by atoms with van der Waals surface area (Å²) in [6.45, 7) is 1.41. The van der Waals surface area contributed by atoms with E-state index in [1.807, 2.05) is 0 Å². The summed E-state index contributed by atoms with van der Waals surface area (Å²) in [5.74, 6) is -0.329. The van der Waals surface area contributed by atoms with Crippen LogP contribution in [0, 0.1) is 0 Å². The highest BCUT2D eigenvalue weighted by molar-refractivity contribution is 7.91. The first-order chi connectivity index (χ1) is 9.47. The number of carbonyl (C=O) groups excluding carboxylic acids is 1. The van der Waals surface area contributed by atoms with Gasteiger partial charge in [0.2, 0.25) is 5.91 Å². The SMILES string of the molecule is Cl.O=C(CNS(=O)(=O)c1ccc(Cl)s1)NC1CCCNC1. The molecule has 1 aromatic heterocycles. The average molecular weight is 374 g/mol. The second kappa shape index (κ2) is 8.30. The molecule has 1 aliphatic rings. The summed E-state index contributed by atoms with van der Waals surface area (Å²) in [5, 5.41) is 5.97. The zero-order valence-electron chi connectivity index (χ0n) is 11.1. The number of hydrogen-bond donors (Lipinski definition) is 3. The van der Waals surface area contributed by atoms with Crippen molar-refractivity contribution in [3.63, 3.8) is 0 Å². The molecule has 21 heavy (non-hydrogen) atoms. The molecule has 6 nitrogen and oxygen atoms in total. The van der Waals surface area contributed by atoms with Crippen molar-refractivity contribution < 1.29 is 13.2 Å². The molecule has 0 radical (unpaired) electrons. The van der Waals surface area contributed by atoms with Crippen LogP contribution in [0.4, 0.5) is 0 Å². The molecule has 0 saturated carbocycles. The summed E-state index contributed by atoms with van der Waals surface area (Å²) in [7, 11) is -3.67. The van der Waals surface area contributed by atoms with E-state index in [2.05, 4.69) is 15.4 Å². The minimum atomic E-state index is -3.67. The molecule has 1 amide bonds. The van der Waals surface area contributed by atoms with E-state index in [-0.39, 0.29) is 35.1 Å². The molecular formula is C11H17Cl2N3O3S2. The predicted octanol–water partition coefficient (Wildman–Crippen LogP) is 0.970. The van der Waals surface area contributed by atoms with Gasteiger partial charge in [0, 0.05) is 12.6 Å². The summed E-state index contributed by atoms with van der Waals surface area (Å²) in [4.78, 5) is 11.7. The van der Waals surface area contributed by atoms with E-state index in [1.165, 1.54) is 12.1 Å². The topological polar surface area (TPSA) is 87.3 Å². The highest BCUT2D eigenvalue weighted by Gasteiger charge is 2.19. The maximum absolute atomic E-state index is 11.9. The van der Waals surface area contributed by atoms with Crippen molar-refractivity contribution in [1.82, 2.24) is 15.4 Å². The fourth-order valence-corrected chi connectivity index (χ4v) is 4.44. The Balaban J connectivity index is 0.00000220. The number of nitrogens with one attached hydrogen (secondary N) is 3. The van der Waals surface area contributed by atoms with Crippen LogP contribution >= 0.6 is 35.3 Å². The third-order valence-corrected chi connectivity index (χ3v) is 6.02. The maximum Gasteiger partial charge on any atom is 0.250 e. The number of rotatable bonds is 5. The maximum atomic E-state index is 11.9. The average Bonchev–Trinajstić information content (AvgIpc) is 2.85. The molecule has 0 bridgehead atoms. The first-order valence-corrected chi connectivity index (χ1v) is 8.90. The zero-order valence-corrected chi connectivity index (χ0v) is 14.3. The first-order valence-electron chi connectivity index (χ1n) is 6.22. The van der Waals surface area contributed by atoms with Crippen LogP contribution in [0.15, 0.2) is 16.3 Å². The van der Waals surface area contributed by atoms with Gasteiger partial charge in [0.25, 0.3) is 10.0 Å². The Morgan fingerprint density at radius 2 is 2.24 bits per heavy atom. The number of sulfonamides is 1. The Morgan fingerprint density at radius 3 is 2.81 bits per heavy atom. The summed E-state index contributed by atoms with van der Waals surface area (Å²) in [5.41, 5.74) is 0. The standard InChI is InChI=1S/C11H16ClN3O3S2.ClH/c12-9-3-4-11(19-9)20(17,18)14-7-10(16)15-8-2-1-5-13-6-8;/h3-4,8,13-14H,1-2,5-7H2,(H,15,16);1H. The molecule has 0 spiro atoms. The highest BCUT2D eigenvalue weighted by atomic mass is 35.5. The van der Waals surface area contributed by atoms with Gasteiger partial charge in [0.15, 0.2) is 0 Å².